The molecule has 0 heterocycles. The smallest absolute Gasteiger partial charge is 0.233 e. The van der Waals surface area contributed by atoms with Crippen LogP contribution in [0.1, 0.15) is 31.7 Å². The van der Waals surface area contributed by atoms with Gasteiger partial charge in [-0.1, -0.05) is 25.8 Å². The van der Waals surface area contributed by atoms with Crippen LogP contribution < -0.4 is 5.32 Å². The predicted octanol–water partition coefficient (Wildman–Crippen LogP) is 1.41. The van der Waals surface area contributed by atoms with Crippen LogP contribution in [-0.4, -0.2) is 45.9 Å². The molecular weight excluding hydrogens is 300 g/mol. The highest BCUT2D eigenvalue weighted by atomic mass is 16.5. The number of carbonyl (C=O) groups excluding carboxylic acids is 2. The number of nitrogens with one attached hydrogen (secondary N) is 1. The molecule has 0 aromatic heterocycles. The van der Waals surface area contributed by atoms with E-state index in [9.17, 15) is 25.0 Å². The van der Waals surface area contributed by atoms with Gasteiger partial charge in [-0.15, -0.1) is 0 Å². The fourth-order valence-corrected chi connectivity index (χ4v) is 2.22. The Labute approximate surface area is 135 Å². The van der Waals surface area contributed by atoms with Crippen molar-refractivity contribution in [2.24, 2.45) is 5.92 Å². The van der Waals surface area contributed by atoms with Crippen LogP contribution in [0.25, 0.3) is 0 Å². The molecule has 0 unspecified atom stereocenters. The van der Waals surface area contributed by atoms with Crippen LogP contribution in [0.15, 0.2) is 18.2 Å². The minimum Gasteiger partial charge on any atom is -0.504 e. The summed E-state index contributed by atoms with van der Waals surface area (Å²) in [6.45, 7) is 2.33. The summed E-state index contributed by atoms with van der Waals surface area (Å²) in [5.41, 5.74) is 0.780. The van der Waals surface area contributed by atoms with Crippen molar-refractivity contribution in [3.63, 3.8) is 0 Å². The topological polar surface area (TPSA) is 110 Å². The molecule has 0 saturated heterocycles. The highest BCUT2D eigenvalue weighted by Crippen LogP contribution is 2.24. The molecule has 0 aliphatic rings. The van der Waals surface area contributed by atoms with Crippen molar-refractivity contribution in [2.75, 3.05) is 13.1 Å². The van der Waals surface area contributed by atoms with Crippen molar-refractivity contribution in [1.29, 1.82) is 0 Å². The molecule has 1 atom stereocenters. The lowest BCUT2D eigenvalue weighted by Gasteiger charge is -2.19. The molecule has 1 aromatic rings. The Morgan fingerprint density at radius 2 is 2.09 bits per heavy atom. The molecule has 0 aliphatic carbocycles. The summed E-state index contributed by atoms with van der Waals surface area (Å²) in [6, 6.07) is 4.50. The zero-order valence-corrected chi connectivity index (χ0v) is 13.2. The number of nitrogens with zero attached hydrogens (tertiary/aromatic N) is 1. The van der Waals surface area contributed by atoms with Gasteiger partial charge in [0.25, 0.3) is 0 Å². The van der Waals surface area contributed by atoms with Gasteiger partial charge >= 0.3 is 0 Å². The van der Waals surface area contributed by atoms with Gasteiger partial charge < -0.3 is 15.5 Å². The molecule has 23 heavy (non-hydrogen) atoms. The molecule has 0 fully saturated rings. The molecule has 128 valence electrons. The fraction of sp³-hybridized carbons (Fsp3) is 0.500. The van der Waals surface area contributed by atoms with E-state index < -0.39 is 5.92 Å². The number of phenols is 2. The van der Waals surface area contributed by atoms with E-state index in [4.69, 9.17) is 0 Å². The lowest BCUT2D eigenvalue weighted by Crippen LogP contribution is -2.38. The minimum atomic E-state index is -0.460. The number of benzene rings is 1. The van der Waals surface area contributed by atoms with Gasteiger partial charge in [0.15, 0.2) is 11.5 Å². The number of carbonyl (C=O) groups is 2. The van der Waals surface area contributed by atoms with E-state index in [0.29, 0.717) is 24.4 Å². The molecule has 7 nitrogen and oxygen atoms in total. The molecule has 2 amide bonds. The second-order valence-corrected chi connectivity index (χ2v) is 5.43. The van der Waals surface area contributed by atoms with E-state index in [0.717, 1.165) is 18.4 Å². The molecule has 0 bridgehead atoms. The number of aromatic hydroxyl groups is 2. The van der Waals surface area contributed by atoms with E-state index in [-0.39, 0.29) is 30.4 Å². The highest BCUT2D eigenvalue weighted by molar-refractivity contribution is 5.79. The van der Waals surface area contributed by atoms with E-state index in [1.54, 1.807) is 6.07 Å². The van der Waals surface area contributed by atoms with Crippen LogP contribution in [0.5, 0.6) is 11.5 Å². The number of amides is 2. The van der Waals surface area contributed by atoms with Gasteiger partial charge in [0.1, 0.15) is 0 Å². The number of hydrogen-bond donors (Lipinski definition) is 4. The molecule has 0 saturated carbocycles. The number of rotatable bonds is 10. The Hall–Kier alpha value is -2.28. The Morgan fingerprint density at radius 3 is 2.70 bits per heavy atom. The normalized spacial score (nSPS) is 11.7. The Kier molecular flexibility index (Phi) is 7.90. The fourth-order valence-electron chi connectivity index (χ4n) is 2.22. The molecule has 0 radical (unpaired) electrons. The Bertz CT molecular complexity index is 521. The molecule has 1 rings (SSSR count). The summed E-state index contributed by atoms with van der Waals surface area (Å²) in [5, 5.41) is 31.2. The lowest BCUT2D eigenvalue weighted by atomic mass is 10.0. The average Bonchev–Trinajstić information content (AvgIpc) is 2.54. The van der Waals surface area contributed by atoms with Crippen molar-refractivity contribution in [3.8, 4) is 11.5 Å². The van der Waals surface area contributed by atoms with Crippen molar-refractivity contribution in [1.82, 2.24) is 10.4 Å². The lowest BCUT2D eigenvalue weighted by molar-refractivity contribution is -0.154. The number of hydroxylamine groups is 2. The number of unbranched alkanes of at least 4 members (excludes halogenated alkanes) is 1. The molecule has 4 N–H and O–H groups in total. The highest BCUT2D eigenvalue weighted by Gasteiger charge is 2.20. The number of hydrogen-bond acceptors (Lipinski definition) is 5. The van der Waals surface area contributed by atoms with E-state index in [2.05, 4.69) is 5.32 Å². The third-order valence-electron chi connectivity index (χ3n) is 3.56. The van der Waals surface area contributed by atoms with Gasteiger partial charge in [-0.2, -0.15) is 0 Å². The van der Waals surface area contributed by atoms with Crippen molar-refractivity contribution in [2.45, 2.75) is 32.6 Å². The van der Waals surface area contributed by atoms with Crippen LogP contribution >= 0.6 is 0 Å². The maximum atomic E-state index is 12.2. The standard InChI is InChI=1S/C16H24N2O5/c1-2-3-4-13(10-18(23)11-19)16(22)17-8-7-12-5-6-14(20)15(21)9-12/h5-6,9,11,13,20-21,23H,2-4,7-8,10H2,1H3,(H,17,22)/t13-/m1/s1. The summed E-state index contributed by atoms with van der Waals surface area (Å²) in [7, 11) is 0. The maximum Gasteiger partial charge on any atom is 0.233 e. The summed E-state index contributed by atoms with van der Waals surface area (Å²) in [4.78, 5) is 22.7. The SMILES string of the molecule is CCCC[C@H](CN(O)C=O)C(=O)NCCc1ccc(O)c(O)c1. The first-order valence-corrected chi connectivity index (χ1v) is 7.67. The molecule has 0 aliphatic heterocycles. The van der Waals surface area contributed by atoms with Crippen LogP contribution in [0, 0.1) is 5.92 Å². The van der Waals surface area contributed by atoms with Crippen LogP contribution in [0.3, 0.4) is 0 Å². The van der Waals surface area contributed by atoms with E-state index in [1.165, 1.54) is 12.1 Å². The maximum absolute atomic E-state index is 12.2. The molecule has 0 spiro atoms. The van der Waals surface area contributed by atoms with Gasteiger partial charge in [0.05, 0.1) is 12.5 Å². The largest absolute Gasteiger partial charge is 0.504 e. The van der Waals surface area contributed by atoms with Gasteiger partial charge in [0.2, 0.25) is 12.3 Å². The first kappa shape index (κ1) is 18.8. The first-order valence-electron chi connectivity index (χ1n) is 7.67. The van der Waals surface area contributed by atoms with Crippen LogP contribution in [-0.2, 0) is 16.0 Å². The van der Waals surface area contributed by atoms with Crippen molar-refractivity contribution in [3.05, 3.63) is 23.8 Å². The number of phenolic OH excluding ortho intramolecular Hbond substituents is 2. The summed E-state index contributed by atoms with van der Waals surface area (Å²) >= 11 is 0. The first-order chi connectivity index (χ1) is 11.0. The summed E-state index contributed by atoms with van der Waals surface area (Å²) in [5.74, 6) is -1.06. The Morgan fingerprint density at radius 1 is 1.35 bits per heavy atom. The average molecular weight is 324 g/mol. The summed E-state index contributed by atoms with van der Waals surface area (Å²) < 4.78 is 0. The molecule has 7 heteroatoms. The van der Waals surface area contributed by atoms with Gasteiger partial charge in [-0.05, 0) is 30.5 Å². The van der Waals surface area contributed by atoms with Crippen molar-refractivity contribution >= 4 is 12.3 Å². The molecular formula is C16H24N2O5. The monoisotopic (exact) mass is 324 g/mol. The van der Waals surface area contributed by atoms with Crippen LogP contribution in [0.2, 0.25) is 0 Å². The molecule has 1 aromatic carbocycles. The zero-order valence-electron chi connectivity index (χ0n) is 13.2. The van der Waals surface area contributed by atoms with Crippen LogP contribution in [0.4, 0.5) is 0 Å². The minimum absolute atomic E-state index is 0.0324. The Balaban J connectivity index is 2.49. The van der Waals surface area contributed by atoms with E-state index >= 15 is 0 Å². The summed E-state index contributed by atoms with van der Waals surface area (Å²) in [6.07, 6.45) is 3.12. The van der Waals surface area contributed by atoms with E-state index in [1.807, 2.05) is 6.92 Å². The zero-order chi connectivity index (χ0) is 17.2. The quantitative estimate of drug-likeness (QED) is 0.225. The third-order valence-corrected chi connectivity index (χ3v) is 3.56. The van der Waals surface area contributed by atoms with Crippen molar-refractivity contribution < 1.29 is 25.0 Å². The second-order valence-electron chi connectivity index (χ2n) is 5.43. The van der Waals surface area contributed by atoms with Gasteiger partial charge in [-0.3, -0.25) is 14.8 Å². The third kappa shape index (κ3) is 6.56. The van der Waals surface area contributed by atoms with Gasteiger partial charge in [-0.25, -0.2) is 5.06 Å². The van der Waals surface area contributed by atoms with Gasteiger partial charge in [0, 0.05) is 6.54 Å². The predicted molar refractivity (Wildman–Crippen MR) is 84.1 cm³/mol. The second kappa shape index (κ2) is 9.68.